The molecule has 2 unspecified atom stereocenters. The second kappa shape index (κ2) is 5.90. The molecule has 2 heterocycles. The van der Waals surface area contributed by atoms with Crippen molar-refractivity contribution < 1.29 is 14.7 Å². The van der Waals surface area contributed by atoms with Crippen LogP contribution in [0.2, 0.25) is 0 Å². The summed E-state index contributed by atoms with van der Waals surface area (Å²) in [5.74, 6) is -0.628. The molecule has 5 heteroatoms. The van der Waals surface area contributed by atoms with E-state index in [1.807, 2.05) is 13.8 Å². The van der Waals surface area contributed by atoms with Gasteiger partial charge in [0.2, 0.25) is 5.91 Å². The van der Waals surface area contributed by atoms with E-state index in [1.165, 1.54) is 0 Å². The van der Waals surface area contributed by atoms with Crippen LogP contribution in [0.25, 0.3) is 0 Å². The Morgan fingerprint density at radius 1 is 1.11 bits per heavy atom. The van der Waals surface area contributed by atoms with Crippen LogP contribution in [0.4, 0.5) is 0 Å². The highest BCUT2D eigenvalue weighted by molar-refractivity contribution is 5.87. The number of carboxylic acids is 1. The van der Waals surface area contributed by atoms with Crippen molar-refractivity contribution in [3.63, 3.8) is 0 Å². The first-order valence-corrected chi connectivity index (χ1v) is 7.29. The Balaban J connectivity index is 2.12. The van der Waals surface area contributed by atoms with Gasteiger partial charge in [-0.3, -0.25) is 9.69 Å². The van der Waals surface area contributed by atoms with Crippen LogP contribution in [-0.4, -0.2) is 58.5 Å². The first-order chi connectivity index (χ1) is 9.02. The molecule has 2 rings (SSSR count). The molecule has 0 saturated carbocycles. The Kier molecular flexibility index (Phi) is 4.45. The number of carbonyl (C=O) groups is 2. The smallest absolute Gasteiger partial charge is 0.326 e. The summed E-state index contributed by atoms with van der Waals surface area (Å²) in [6, 6.07) is -0.765. The Labute approximate surface area is 114 Å². The summed E-state index contributed by atoms with van der Waals surface area (Å²) in [7, 11) is 0. The van der Waals surface area contributed by atoms with E-state index in [-0.39, 0.29) is 17.9 Å². The third kappa shape index (κ3) is 2.91. The molecule has 1 N–H and O–H groups in total. The molecule has 0 aromatic carbocycles. The van der Waals surface area contributed by atoms with Gasteiger partial charge in [0.05, 0.1) is 6.04 Å². The van der Waals surface area contributed by atoms with Gasteiger partial charge in [0.25, 0.3) is 0 Å². The molecule has 0 spiro atoms. The molecule has 2 aliphatic rings. The quantitative estimate of drug-likeness (QED) is 0.832. The van der Waals surface area contributed by atoms with Crippen molar-refractivity contribution in [1.82, 2.24) is 9.80 Å². The van der Waals surface area contributed by atoms with Crippen molar-refractivity contribution in [3.05, 3.63) is 0 Å². The first kappa shape index (κ1) is 14.3. The van der Waals surface area contributed by atoms with Crippen molar-refractivity contribution >= 4 is 11.9 Å². The van der Waals surface area contributed by atoms with Crippen molar-refractivity contribution in [2.75, 3.05) is 19.6 Å². The maximum absolute atomic E-state index is 12.7. The van der Waals surface area contributed by atoms with Crippen molar-refractivity contribution in [1.29, 1.82) is 0 Å². The van der Waals surface area contributed by atoms with Gasteiger partial charge >= 0.3 is 5.97 Å². The summed E-state index contributed by atoms with van der Waals surface area (Å²) in [4.78, 5) is 27.7. The normalized spacial score (nSPS) is 26.1. The molecule has 2 aliphatic heterocycles. The van der Waals surface area contributed by atoms with E-state index >= 15 is 0 Å². The molecular formula is C14H24N2O3. The summed E-state index contributed by atoms with van der Waals surface area (Å²) < 4.78 is 0. The Morgan fingerprint density at radius 3 is 2.26 bits per heavy atom. The first-order valence-electron chi connectivity index (χ1n) is 7.29. The fraction of sp³-hybridized carbons (Fsp3) is 0.857. The Hall–Kier alpha value is -1.10. The zero-order chi connectivity index (χ0) is 14.0. The van der Waals surface area contributed by atoms with E-state index in [0.29, 0.717) is 13.0 Å². The van der Waals surface area contributed by atoms with Crippen molar-refractivity contribution in [2.45, 2.75) is 51.6 Å². The van der Waals surface area contributed by atoms with Crippen LogP contribution in [0, 0.1) is 5.92 Å². The van der Waals surface area contributed by atoms with Gasteiger partial charge in [-0.2, -0.15) is 0 Å². The Morgan fingerprint density at radius 2 is 1.74 bits per heavy atom. The molecule has 0 aliphatic carbocycles. The van der Waals surface area contributed by atoms with Crippen LogP contribution in [0.15, 0.2) is 0 Å². The lowest BCUT2D eigenvalue weighted by Gasteiger charge is -2.34. The lowest BCUT2D eigenvalue weighted by molar-refractivity contribution is -0.151. The molecule has 2 atom stereocenters. The lowest BCUT2D eigenvalue weighted by Crippen LogP contribution is -2.53. The van der Waals surface area contributed by atoms with Gasteiger partial charge < -0.3 is 10.0 Å². The van der Waals surface area contributed by atoms with E-state index in [9.17, 15) is 14.7 Å². The minimum absolute atomic E-state index is 0.0156. The SMILES string of the molecule is CC(C)C(C(=O)N1CCCC1C(=O)O)N1CCCC1. The summed E-state index contributed by atoms with van der Waals surface area (Å²) in [5, 5.41) is 9.21. The molecule has 2 fully saturated rings. The highest BCUT2D eigenvalue weighted by Gasteiger charge is 2.40. The maximum Gasteiger partial charge on any atom is 0.326 e. The Bertz CT molecular complexity index is 351. The topological polar surface area (TPSA) is 60.9 Å². The van der Waals surface area contributed by atoms with Crippen molar-refractivity contribution in [3.8, 4) is 0 Å². The molecular weight excluding hydrogens is 244 g/mol. The number of hydrogen-bond acceptors (Lipinski definition) is 3. The highest BCUT2D eigenvalue weighted by atomic mass is 16.4. The van der Waals surface area contributed by atoms with E-state index in [2.05, 4.69) is 4.90 Å². The second-order valence-corrected chi connectivity index (χ2v) is 5.96. The number of likely N-dealkylation sites (tertiary alicyclic amines) is 2. The number of amides is 1. The zero-order valence-corrected chi connectivity index (χ0v) is 11.8. The van der Waals surface area contributed by atoms with E-state index in [1.54, 1.807) is 4.90 Å². The summed E-state index contributed by atoms with van der Waals surface area (Å²) in [6.07, 6.45) is 3.66. The van der Waals surface area contributed by atoms with E-state index < -0.39 is 12.0 Å². The van der Waals surface area contributed by atoms with E-state index in [4.69, 9.17) is 0 Å². The molecule has 5 nitrogen and oxygen atoms in total. The predicted octanol–water partition coefficient (Wildman–Crippen LogP) is 1.18. The average Bonchev–Trinajstić information content (AvgIpc) is 2.98. The average molecular weight is 268 g/mol. The third-order valence-electron chi connectivity index (χ3n) is 4.24. The standard InChI is InChI=1S/C14H24N2O3/c1-10(2)12(15-7-3-4-8-15)13(17)16-9-5-6-11(16)14(18)19/h10-12H,3-9H2,1-2H3,(H,18,19). The van der Waals surface area contributed by atoms with Crippen molar-refractivity contribution in [2.24, 2.45) is 5.92 Å². The number of hydrogen-bond donors (Lipinski definition) is 1. The van der Waals surface area contributed by atoms with Gasteiger partial charge in [-0.15, -0.1) is 0 Å². The van der Waals surface area contributed by atoms with Crippen LogP contribution in [0.5, 0.6) is 0 Å². The second-order valence-electron chi connectivity index (χ2n) is 5.96. The van der Waals surface area contributed by atoms with Crippen LogP contribution < -0.4 is 0 Å². The third-order valence-corrected chi connectivity index (χ3v) is 4.24. The molecule has 0 aromatic rings. The monoisotopic (exact) mass is 268 g/mol. The number of aliphatic carboxylic acids is 1. The largest absolute Gasteiger partial charge is 0.480 e. The summed E-state index contributed by atoms with van der Waals surface area (Å²) >= 11 is 0. The van der Waals surface area contributed by atoms with Crippen LogP contribution in [-0.2, 0) is 9.59 Å². The summed E-state index contributed by atoms with van der Waals surface area (Å²) in [6.45, 7) is 6.60. The number of nitrogens with zero attached hydrogens (tertiary/aromatic N) is 2. The van der Waals surface area contributed by atoms with Gasteiger partial charge in [-0.05, 0) is 44.7 Å². The maximum atomic E-state index is 12.7. The number of carbonyl (C=O) groups excluding carboxylic acids is 1. The predicted molar refractivity (Wildman–Crippen MR) is 71.8 cm³/mol. The minimum Gasteiger partial charge on any atom is -0.480 e. The van der Waals surface area contributed by atoms with Crippen LogP contribution in [0.1, 0.15) is 39.5 Å². The number of rotatable bonds is 4. The van der Waals surface area contributed by atoms with Gasteiger partial charge in [0.15, 0.2) is 0 Å². The van der Waals surface area contributed by atoms with Crippen LogP contribution >= 0.6 is 0 Å². The lowest BCUT2D eigenvalue weighted by atomic mass is 10.0. The van der Waals surface area contributed by atoms with Gasteiger partial charge in [0.1, 0.15) is 6.04 Å². The number of carboxylic acid groups (broad SMARTS) is 1. The van der Waals surface area contributed by atoms with Crippen LogP contribution in [0.3, 0.4) is 0 Å². The summed E-state index contributed by atoms with van der Waals surface area (Å²) in [5.41, 5.74) is 0. The van der Waals surface area contributed by atoms with Gasteiger partial charge in [0, 0.05) is 6.54 Å². The fourth-order valence-electron chi connectivity index (χ4n) is 3.34. The molecule has 2 saturated heterocycles. The van der Waals surface area contributed by atoms with E-state index in [0.717, 1.165) is 32.4 Å². The highest BCUT2D eigenvalue weighted by Crippen LogP contribution is 2.24. The fourth-order valence-corrected chi connectivity index (χ4v) is 3.34. The zero-order valence-electron chi connectivity index (χ0n) is 11.8. The molecule has 0 radical (unpaired) electrons. The molecule has 1 amide bonds. The van der Waals surface area contributed by atoms with Gasteiger partial charge in [-0.1, -0.05) is 13.8 Å². The van der Waals surface area contributed by atoms with Gasteiger partial charge in [-0.25, -0.2) is 4.79 Å². The molecule has 19 heavy (non-hydrogen) atoms. The minimum atomic E-state index is -0.866. The molecule has 108 valence electrons. The molecule has 0 aromatic heterocycles. The molecule has 0 bridgehead atoms.